The number of hydrogen-bond donors (Lipinski definition) is 2. The van der Waals surface area contributed by atoms with Crippen LogP contribution in [0.5, 0.6) is 0 Å². The zero-order valence-corrected chi connectivity index (χ0v) is 19.6. The number of aliphatic hydroxyl groups is 2. The van der Waals surface area contributed by atoms with E-state index in [4.69, 9.17) is 0 Å². The number of nitrogens with zero attached hydrogens (tertiary/aromatic N) is 2. The Morgan fingerprint density at radius 3 is 1.34 bits per heavy atom. The van der Waals surface area contributed by atoms with Gasteiger partial charge in [-0.25, -0.2) is 0 Å². The normalized spacial score (nSPS) is 15.5. The minimum absolute atomic E-state index is 0.00947. The molecule has 4 atom stereocenters. The van der Waals surface area contributed by atoms with Crippen molar-refractivity contribution >= 4 is 0 Å². The van der Waals surface area contributed by atoms with E-state index in [1.807, 2.05) is 74.8 Å². The summed E-state index contributed by atoms with van der Waals surface area (Å²) < 4.78 is 0. The third-order valence-corrected chi connectivity index (χ3v) is 6.44. The molecule has 0 heterocycles. The monoisotopic (exact) mass is 432 g/mol. The Bertz CT molecular complexity index is 873. The Balaban J connectivity index is 1.61. The summed E-state index contributed by atoms with van der Waals surface area (Å²) in [6.45, 7) is 5.62. The summed E-state index contributed by atoms with van der Waals surface area (Å²) in [6.07, 6.45) is -1.06. The maximum absolute atomic E-state index is 10.7. The number of hydrogen-bond acceptors (Lipinski definition) is 4. The fraction of sp³-hybridized carbons (Fsp3) is 0.357. The average Bonchev–Trinajstić information content (AvgIpc) is 2.83. The molecule has 0 radical (unpaired) electrons. The predicted molar refractivity (Wildman–Crippen MR) is 131 cm³/mol. The molecule has 3 aromatic carbocycles. The zero-order chi connectivity index (χ0) is 23.1. The molecule has 32 heavy (non-hydrogen) atoms. The lowest BCUT2D eigenvalue weighted by Gasteiger charge is -2.30. The molecule has 0 aromatic heterocycles. The maximum Gasteiger partial charge on any atom is 0.0942 e. The first kappa shape index (κ1) is 24.1. The second kappa shape index (κ2) is 11.4. The van der Waals surface area contributed by atoms with Crippen LogP contribution >= 0.6 is 0 Å². The fourth-order valence-electron chi connectivity index (χ4n) is 4.03. The first-order valence-corrected chi connectivity index (χ1v) is 11.3. The van der Waals surface area contributed by atoms with Gasteiger partial charge in [-0.1, -0.05) is 84.9 Å². The van der Waals surface area contributed by atoms with Crippen molar-refractivity contribution in [1.29, 1.82) is 0 Å². The van der Waals surface area contributed by atoms with Gasteiger partial charge in [-0.15, -0.1) is 0 Å². The number of likely N-dealkylation sites (N-methyl/N-ethyl adjacent to an activating group) is 2. The van der Waals surface area contributed by atoms with Gasteiger partial charge in [0.25, 0.3) is 0 Å². The molecule has 0 saturated heterocycles. The van der Waals surface area contributed by atoms with Gasteiger partial charge in [0.15, 0.2) is 0 Å². The lowest BCUT2D eigenvalue weighted by molar-refractivity contribution is 0.0680. The van der Waals surface area contributed by atoms with E-state index in [9.17, 15) is 10.2 Å². The Kier molecular flexibility index (Phi) is 8.60. The van der Waals surface area contributed by atoms with Crippen LogP contribution in [0.15, 0.2) is 84.9 Å². The minimum atomic E-state index is -0.532. The van der Waals surface area contributed by atoms with E-state index < -0.39 is 12.2 Å². The standard InChI is InChI=1S/C28H36N2O2/c1-21(27(31)25-14-7-5-8-15-25)29(3)19-23-12-11-13-24(18-23)20-30(4)22(2)28(32)26-16-9-6-10-17-26/h5-18,21-22,27-28,31-32H,19-20H2,1-4H3. The molecule has 0 bridgehead atoms. The van der Waals surface area contributed by atoms with Crippen molar-refractivity contribution in [2.75, 3.05) is 14.1 Å². The molecule has 0 spiro atoms. The molecule has 170 valence electrons. The van der Waals surface area contributed by atoms with E-state index in [2.05, 4.69) is 47.9 Å². The third kappa shape index (κ3) is 6.27. The summed E-state index contributed by atoms with van der Waals surface area (Å²) >= 11 is 0. The van der Waals surface area contributed by atoms with E-state index in [0.29, 0.717) is 0 Å². The zero-order valence-electron chi connectivity index (χ0n) is 19.6. The molecule has 0 aliphatic heterocycles. The van der Waals surface area contributed by atoms with Crippen LogP contribution in [-0.2, 0) is 13.1 Å². The van der Waals surface area contributed by atoms with Gasteiger partial charge in [0.05, 0.1) is 12.2 Å². The second-order valence-corrected chi connectivity index (χ2v) is 8.84. The second-order valence-electron chi connectivity index (χ2n) is 8.84. The molecule has 0 fully saturated rings. The van der Waals surface area contributed by atoms with E-state index >= 15 is 0 Å². The molecule has 4 nitrogen and oxygen atoms in total. The summed E-state index contributed by atoms with van der Waals surface area (Å²) in [7, 11) is 4.10. The highest BCUT2D eigenvalue weighted by Gasteiger charge is 2.22. The topological polar surface area (TPSA) is 46.9 Å². The predicted octanol–water partition coefficient (Wildman–Crippen LogP) is 4.79. The van der Waals surface area contributed by atoms with Crippen LogP contribution in [0.1, 0.15) is 48.3 Å². The average molecular weight is 433 g/mol. The van der Waals surface area contributed by atoms with Gasteiger partial charge >= 0.3 is 0 Å². The van der Waals surface area contributed by atoms with Crippen LogP contribution in [0.3, 0.4) is 0 Å². The summed E-state index contributed by atoms with van der Waals surface area (Å²) in [6, 6.07) is 28.2. The van der Waals surface area contributed by atoms with Crippen molar-refractivity contribution in [3.63, 3.8) is 0 Å². The first-order valence-electron chi connectivity index (χ1n) is 11.3. The quantitative estimate of drug-likeness (QED) is 0.483. The van der Waals surface area contributed by atoms with Crippen molar-refractivity contribution in [1.82, 2.24) is 9.80 Å². The molecular weight excluding hydrogens is 396 g/mol. The Morgan fingerprint density at radius 2 is 0.969 bits per heavy atom. The lowest BCUT2D eigenvalue weighted by atomic mass is 10.0. The van der Waals surface area contributed by atoms with E-state index in [-0.39, 0.29) is 12.1 Å². The van der Waals surface area contributed by atoms with Crippen molar-refractivity contribution in [2.45, 2.75) is 51.2 Å². The van der Waals surface area contributed by atoms with Crippen molar-refractivity contribution in [3.05, 3.63) is 107 Å². The summed E-state index contributed by atoms with van der Waals surface area (Å²) in [5, 5.41) is 21.5. The van der Waals surface area contributed by atoms with Crippen LogP contribution in [0.25, 0.3) is 0 Å². The summed E-state index contributed by atoms with van der Waals surface area (Å²) in [4.78, 5) is 4.37. The molecule has 0 aliphatic rings. The fourth-order valence-corrected chi connectivity index (χ4v) is 4.03. The highest BCUT2D eigenvalue weighted by atomic mass is 16.3. The minimum Gasteiger partial charge on any atom is -0.387 e. The highest BCUT2D eigenvalue weighted by molar-refractivity contribution is 5.25. The van der Waals surface area contributed by atoms with Crippen molar-refractivity contribution in [2.24, 2.45) is 0 Å². The van der Waals surface area contributed by atoms with Gasteiger partial charge in [0.2, 0.25) is 0 Å². The molecule has 3 aromatic rings. The van der Waals surface area contributed by atoms with Gasteiger partial charge in [0, 0.05) is 25.2 Å². The SMILES string of the molecule is CC(C(O)c1ccccc1)N(C)Cc1cccc(CN(C)C(C)C(O)c2ccccc2)c1. The van der Waals surface area contributed by atoms with Gasteiger partial charge in [-0.2, -0.15) is 0 Å². The summed E-state index contributed by atoms with van der Waals surface area (Å²) in [5.74, 6) is 0. The number of rotatable bonds is 10. The molecule has 2 N–H and O–H groups in total. The Labute approximate surface area is 192 Å². The van der Waals surface area contributed by atoms with Gasteiger partial charge < -0.3 is 10.2 Å². The number of benzene rings is 3. The van der Waals surface area contributed by atoms with Crippen LogP contribution in [0, 0.1) is 0 Å². The van der Waals surface area contributed by atoms with Crippen LogP contribution in [0.2, 0.25) is 0 Å². The van der Waals surface area contributed by atoms with Crippen LogP contribution in [0.4, 0.5) is 0 Å². The van der Waals surface area contributed by atoms with E-state index in [0.717, 1.165) is 24.2 Å². The van der Waals surface area contributed by atoms with Crippen molar-refractivity contribution < 1.29 is 10.2 Å². The van der Waals surface area contributed by atoms with Gasteiger partial charge in [-0.05, 0) is 50.2 Å². The number of aliphatic hydroxyl groups excluding tert-OH is 2. The van der Waals surface area contributed by atoms with Gasteiger partial charge in [0.1, 0.15) is 0 Å². The molecule has 4 heteroatoms. The molecular formula is C28H36N2O2. The molecule has 0 amide bonds. The maximum atomic E-state index is 10.7. The molecule has 3 rings (SSSR count). The smallest absolute Gasteiger partial charge is 0.0942 e. The lowest BCUT2D eigenvalue weighted by Crippen LogP contribution is -2.34. The Morgan fingerprint density at radius 1 is 0.594 bits per heavy atom. The van der Waals surface area contributed by atoms with E-state index in [1.165, 1.54) is 11.1 Å². The third-order valence-electron chi connectivity index (χ3n) is 6.44. The Hall–Kier alpha value is -2.50. The van der Waals surface area contributed by atoms with Crippen molar-refractivity contribution in [3.8, 4) is 0 Å². The van der Waals surface area contributed by atoms with Gasteiger partial charge in [-0.3, -0.25) is 9.80 Å². The highest BCUT2D eigenvalue weighted by Crippen LogP contribution is 2.23. The summed E-state index contributed by atoms with van der Waals surface area (Å²) in [5.41, 5.74) is 4.30. The first-order chi connectivity index (χ1) is 15.4. The van der Waals surface area contributed by atoms with Crippen LogP contribution < -0.4 is 0 Å². The largest absolute Gasteiger partial charge is 0.387 e. The van der Waals surface area contributed by atoms with Crippen LogP contribution in [-0.4, -0.2) is 46.2 Å². The molecule has 4 unspecified atom stereocenters. The molecule has 0 aliphatic carbocycles. The molecule has 0 saturated carbocycles. The van der Waals surface area contributed by atoms with E-state index in [1.54, 1.807) is 0 Å².